The summed E-state index contributed by atoms with van der Waals surface area (Å²) in [5.74, 6) is 0. The number of rotatable bonds is 2. The van der Waals surface area contributed by atoms with Crippen LogP contribution >= 0.6 is 0 Å². The summed E-state index contributed by atoms with van der Waals surface area (Å²) in [6.07, 6.45) is 0.348. The van der Waals surface area contributed by atoms with Crippen LogP contribution in [0.3, 0.4) is 0 Å². The van der Waals surface area contributed by atoms with Gasteiger partial charge in [-0.15, -0.1) is 0 Å². The van der Waals surface area contributed by atoms with Crippen molar-refractivity contribution in [3.8, 4) is 0 Å². The van der Waals surface area contributed by atoms with Crippen molar-refractivity contribution in [3.63, 3.8) is 0 Å². The molecular weight excluding hydrogens is 184 g/mol. The van der Waals surface area contributed by atoms with Crippen molar-refractivity contribution < 1.29 is 14.3 Å². The average Bonchev–Trinajstić information content (AvgIpc) is 1.91. The van der Waals surface area contributed by atoms with E-state index in [9.17, 15) is 9.59 Å². The van der Waals surface area contributed by atoms with Gasteiger partial charge in [0.2, 0.25) is 6.41 Å². The number of amides is 2. The molecule has 1 fully saturated rings. The smallest absolute Gasteiger partial charge is 0.407 e. The first kappa shape index (κ1) is 10.8. The third kappa shape index (κ3) is 3.24. The lowest BCUT2D eigenvalue weighted by Gasteiger charge is -2.36. The highest BCUT2D eigenvalue weighted by Gasteiger charge is 2.28. The Morgan fingerprint density at radius 2 is 2.07 bits per heavy atom. The second-order valence-corrected chi connectivity index (χ2v) is 4.40. The molecular formula is C9H16N2O3. The molecule has 14 heavy (non-hydrogen) atoms. The number of likely N-dealkylation sites (tertiary alicyclic amines) is 1. The van der Waals surface area contributed by atoms with Gasteiger partial charge in [0.1, 0.15) is 5.60 Å². The Bertz CT molecular complexity index is 229. The lowest BCUT2D eigenvalue weighted by molar-refractivity contribution is -0.122. The van der Waals surface area contributed by atoms with Crippen LogP contribution in [0.15, 0.2) is 0 Å². The highest BCUT2D eigenvalue weighted by atomic mass is 16.6. The minimum Gasteiger partial charge on any atom is -0.444 e. The van der Waals surface area contributed by atoms with Gasteiger partial charge in [0.25, 0.3) is 0 Å². The Labute approximate surface area is 83.4 Å². The topological polar surface area (TPSA) is 58.6 Å². The van der Waals surface area contributed by atoms with Crippen LogP contribution in [0, 0.1) is 0 Å². The highest BCUT2D eigenvalue weighted by molar-refractivity contribution is 5.68. The molecule has 1 heterocycles. The minimum atomic E-state index is -0.474. The van der Waals surface area contributed by atoms with E-state index in [0.29, 0.717) is 13.1 Å². The number of nitrogens with one attached hydrogen (secondary N) is 1. The van der Waals surface area contributed by atoms with Gasteiger partial charge in [0, 0.05) is 13.1 Å². The van der Waals surface area contributed by atoms with Gasteiger partial charge in [-0.3, -0.25) is 4.79 Å². The monoisotopic (exact) mass is 200 g/mol. The fourth-order valence-electron chi connectivity index (χ4n) is 1.16. The zero-order valence-electron chi connectivity index (χ0n) is 8.74. The van der Waals surface area contributed by atoms with Crippen molar-refractivity contribution in [1.82, 2.24) is 10.2 Å². The SMILES string of the molecule is CC(C)(C)OC(=O)NC1CN(C=O)C1. The van der Waals surface area contributed by atoms with E-state index in [2.05, 4.69) is 5.32 Å². The molecule has 5 heteroatoms. The molecule has 1 aliphatic heterocycles. The third-order valence-corrected chi connectivity index (χ3v) is 1.78. The molecule has 0 spiro atoms. The molecule has 0 aromatic heterocycles. The summed E-state index contributed by atoms with van der Waals surface area (Å²) in [7, 11) is 0. The van der Waals surface area contributed by atoms with E-state index in [4.69, 9.17) is 4.74 Å². The van der Waals surface area contributed by atoms with Gasteiger partial charge >= 0.3 is 6.09 Å². The summed E-state index contributed by atoms with van der Waals surface area (Å²) in [4.78, 5) is 23.0. The van der Waals surface area contributed by atoms with Crippen molar-refractivity contribution in [1.29, 1.82) is 0 Å². The van der Waals surface area contributed by atoms with Crippen LogP contribution in [-0.2, 0) is 9.53 Å². The first-order valence-corrected chi connectivity index (χ1v) is 4.59. The Morgan fingerprint density at radius 3 is 2.50 bits per heavy atom. The zero-order chi connectivity index (χ0) is 10.8. The highest BCUT2D eigenvalue weighted by Crippen LogP contribution is 2.09. The molecule has 1 aliphatic rings. The molecule has 0 saturated carbocycles. The van der Waals surface area contributed by atoms with E-state index in [0.717, 1.165) is 6.41 Å². The van der Waals surface area contributed by atoms with Crippen molar-refractivity contribution in [2.24, 2.45) is 0 Å². The Balaban J connectivity index is 2.20. The normalized spacial score (nSPS) is 17.2. The maximum absolute atomic E-state index is 11.2. The molecule has 0 aliphatic carbocycles. The van der Waals surface area contributed by atoms with Gasteiger partial charge < -0.3 is 15.0 Å². The fraction of sp³-hybridized carbons (Fsp3) is 0.778. The lowest BCUT2D eigenvalue weighted by Crippen LogP contribution is -2.59. The predicted molar refractivity (Wildman–Crippen MR) is 50.8 cm³/mol. The summed E-state index contributed by atoms with van der Waals surface area (Å²) in [5.41, 5.74) is -0.474. The molecule has 0 bridgehead atoms. The van der Waals surface area contributed by atoms with E-state index < -0.39 is 11.7 Å². The molecule has 0 aromatic rings. The summed E-state index contributed by atoms with van der Waals surface area (Å²) in [6.45, 7) is 6.58. The Kier molecular flexibility index (Phi) is 2.98. The van der Waals surface area contributed by atoms with Crippen molar-refractivity contribution in [2.45, 2.75) is 32.4 Å². The predicted octanol–water partition coefficient (Wildman–Crippen LogP) is 0.352. The van der Waals surface area contributed by atoms with E-state index in [1.54, 1.807) is 4.90 Å². The summed E-state index contributed by atoms with van der Waals surface area (Å²) >= 11 is 0. The van der Waals surface area contributed by atoms with Crippen LogP contribution in [-0.4, -0.2) is 42.1 Å². The molecule has 1 saturated heterocycles. The van der Waals surface area contributed by atoms with E-state index in [1.165, 1.54) is 0 Å². The van der Waals surface area contributed by atoms with Crippen LogP contribution in [0.25, 0.3) is 0 Å². The molecule has 0 radical (unpaired) electrons. The maximum atomic E-state index is 11.2. The van der Waals surface area contributed by atoms with Crippen LogP contribution in [0.4, 0.5) is 4.79 Å². The van der Waals surface area contributed by atoms with Gasteiger partial charge in [-0.25, -0.2) is 4.79 Å². The Hall–Kier alpha value is -1.26. The molecule has 0 aromatic carbocycles. The lowest BCUT2D eigenvalue weighted by atomic mass is 10.1. The number of alkyl carbamates (subject to hydrolysis) is 1. The van der Waals surface area contributed by atoms with Crippen LogP contribution in [0.2, 0.25) is 0 Å². The zero-order valence-corrected chi connectivity index (χ0v) is 8.74. The van der Waals surface area contributed by atoms with Crippen molar-refractivity contribution in [3.05, 3.63) is 0 Å². The van der Waals surface area contributed by atoms with Gasteiger partial charge in [0.05, 0.1) is 6.04 Å². The Morgan fingerprint density at radius 1 is 1.50 bits per heavy atom. The number of ether oxygens (including phenoxy) is 1. The quantitative estimate of drug-likeness (QED) is 0.654. The molecule has 0 atom stereocenters. The van der Waals surface area contributed by atoms with E-state index in [1.807, 2.05) is 20.8 Å². The average molecular weight is 200 g/mol. The summed E-state index contributed by atoms with van der Waals surface area (Å²) < 4.78 is 5.06. The van der Waals surface area contributed by atoms with Gasteiger partial charge in [0.15, 0.2) is 0 Å². The molecule has 80 valence electrons. The number of nitrogens with zero attached hydrogens (tertiary/aromatic N) is 1. The number of carbonyl (C=O) groups is 2. The standard InChI is InChI=1S/C9H16N2O3/c1-9(2,3)14-8(13)10-7-4-11(5-7)6-12/h6-7H,4-5H2,1-3H3,(H,10,13). The molecule has 1 N–H and O–H groups in total. The molecule has 0 unspecified atom stereocenters. The van der Waals surface area contributed by atoms with E-state index >= 15 is 0 Å². The molecule has 1 rings (SSSR count). The van der Waals surface area contributed by atoms with Crippen molar-refractivity contribution in [2.75, 3.05) is 13.1 Å². The summed E-state index contributed by atoms with van der Waals surface area (Å²) in [6, 6.07) is 0.0371. The fourth-order valence-corrected chi connectivity index (χ4v) is 1.16. The minimum absolute atomic E-state index is 0.0371. The summed E-state index contributed by atoms with van der Waals surface area (Å²) in [5, 5.41) is 2.68. The number of hydrogen-bond acceptors (Lipinski definition) is 3. The van der Waals surface area contributed by atoms with Gasteiger partial charge in [-0.1, -0.05) is 0 Å². The van der Waals surface area contributed by atoms with Gasteiger partial charge in [-0.05, 0) is 20.8 Å². The third-order valence-electron chi connectivity index (χ3n) is 1.78. The second-order valence-electron chi connectivity index (χ2n) is 4.40. The van der Waals surface area contributed by atoms with Crippen LogP contribution in [0.1, 0.15) is 20.8 Å². The van der Waals surface area contributed by atoms with Crippen LogP contribution in [0.5, 0.6) is 0 Å². The number of carbonyl (C=O) groups excluding carboxylic acids is 2. The molecule has 2 amide bonds. The first-order chi connectivity index (χ1) is 6.40. The van der Waals surface area contributed by atoms with Gasteiger partial charge in [-0.2, -0.15) is 0 Å². The van der Waals surface area contributed by atoms with E-state index in [-0.39, 0.29) is 6.04 Å². The second kappa shape index (κ2) is 3.86. The first-order valence-electron chi connectivity index (χ1n) is 4.59. The maximum Gasteiger partial charge on any atom is 0.407 e. The largest absolute Gasteiger partial charge is 0.444 e. The van der Waals surface area contributed by atoms with Crippen LogP contribution < -0.4 is 5.32 Å². The number of hydrogen-bond donors (Lipinski definition) is 1. The van der Waals surface area contributed by atoms with Crippen molar-refractivity contribution >= 4 is 12.5 Å². The molecule has 5 nitrogen and oxygen atoms in total.